The Morgan fingerprint density at radius 1 is 1.21 bits per heavy atom. The van der Waals surface area contributed by atoms with Crippen LogP contribution in [-0.4, -0.2) is 27.0 Å². The molecule has 0 aliphatic heterocycles. The molecule has 0 fully saturated rings. The molecular weight excluding hydrogens is 326 g/mol. The largest absolute Gasteiger partial charge is 0.326 e. The second-order valence-corrected chi connectivity index (χ2v) is 6.07. The summed E-state index contributed by atoms with van der Waals surface area (Å²) >= 11 is 1.55. The molecule has 3 N–H and O–H groups in total. The Balaban J connectivity index is 1.75. The fourth-order valence-electron chi connectivity index (χ4n) is 2.15. The first kappa shape index (κ1) is 15.9. The van der Waals surface area contributed by atoms with Gasteiger partial charge >= 0.3 is 0 Å². The van der Waals surface area contributed by atoms with Crippen molar-refractivity contribution in [3.63, 3.8) is 0 Å². The maximum Gasteiger partial charge on any atom is 0.258 e. The van der Waals surface area contributed by atoms with Gasteiger partial charge in [0.05, 0.1) is 4.88 Å². The van der Waals surface area contributed by atoms with Crippen molar-refractivity contribution in [3.05, 3.63) is 46.8 Å². The number of nitrogens with one attached hydrogen (secondary N) is 3. The Morgan fingerprint density at radius 3 is 2.75 bits per heavy atom. The normalized spacial score (nSPS) is 10.4. The van der Waals surface area contributed by atoms with E-state index in [1.807, 2.05) is 18.4 Å². The summed E-state index contributed by atoms with van der Waals surface area (Å²) in [6.07, 6.45) is 0. The van der Waals surface area contributed by atoms with Gasteiger partial charge in [-0.1, -0.05) is 6.07 Å². The van der Waals surface area contributed by atoms with E-state index in [1.165, 1.54) is 6.92 Å². The van der Waals surface area contributed by atoms with Gasteiger partial charge < -0.3 is 5.32 Å². The quantitative estimate of drug-likeness (QED) is 0.679. The molecule has 0 aliphatic carbocycles. The number of hydrogen-bond donors (Lipinski definition) is 3. The molecule has 0 aliphatic rings. The molecular formula is C16H15N5O2S. The number of aromatic amines is 1. The van der Waals surface area contributed by atoms with Gasteiger partial charge in [0, 0.05) is 18.2 Å². The highest BCUT2D eigenvalue weighted by Gasteiger charge is 2.13. The second kappa shape index (κ2) is 6.63. The van der Waals surface area contributed by atoms with Crippen LogP contribution in [0, 0.1) is 6.92 Å². The molecule has 2 heterocycles. The van der Waals surface area contributed by atoms with Crippen LogP contribution < -0.4 is 10.6 Å². The SMILES string of the molecule is CC(=O)Nc1cccc(C(=O)Nc2n[nH]c(-c3sccc3C)n2)c1. The van der Waals surface area contributed by atoms with Crippen LogP contribution in [0.25, 0.3) is 10.7 Å². The van der Waals surface area contributed by atoms with E-state index in [4.69, 9.17) is 0 Å². The Labute approximate surface area is 142 Å². The van der Waals surface area contributed by atoms with Crippen molar-refractivity contribution in [2.45, 2.75) is 13.8 Å². The number of carbonyl (C=O) groups is 2. The fourth-order valence-corrected chi connectivity index (χ4v) is 3.01. The van der Waals surface area contributed by atoms with Gasteiger partial charge in [0.15, 0.2) is 5.82 Å². The van der Waals surface area contributed by atoms with Gasteiger partial charge in [-0.3, -0.25) is 20.0 Å². The summed E-state index contributed by atoms with van der Waals surface area (Å²) in [4.78, 5) is 28.7. The van der Waals surface area contributed by atoms with Crippen LogP contribution >= 0.6 is 11.3 Å². The second-order valence-electron chi connectivity index (χ2n) is 5.16. The highest BCUT2D eigenvalue weighted by molar-refractivity contribution is 7.13. The van der Waals surface area contributed by atoms with Gasteiger partial charge in [0.25, 0.3) is 5.91 Å². The minimum Gasteiger partial charge on any atom is -0.326 e. The third-order valence-electron chi connectivity index (χ3n) is 3.23. The summed E-state index contributed by atoms with van der Waals surface area (Å²) in [5, 5.41) is 14.1. The Kier molecular flexibility index (Phi) is 4.39. The van der Waals surface area contributed by atoms with Crippen LogP contribution in [0.4, 0.5) is 11.6 Å². The van der Waals surface area contributed by atoms with E-state index in [1.54, 1.807) is 35.6 Å². The zero-order valence-corrected chi connectivity index (χ0v) is 13.9. The van der Waals surface area contributed by atoms with Crippen LogP contribution in [0.5, 0.6) is 0 Å². The maximum absolute atomic E-state index is 12.3. The lowest BCUT2D eigenvalue weighted by Gasteiger charge is -2.05. The Hall–Kier alpha value is -3.00. The fraction of sp³-hybridized carbons (Fsp3) is 0.125. The van der Waals surface area contributed by atoms with Crippen LogP contribution in [0.2, 0.25) is 0 Å². The molecule has 0 bridgehead atoms. The number of thiophene rings is 1. The molecule has 3 rings (SSSR count). The van der Waals surface area contributed by atoms with E-state index >= 15 is 0 Å². The lowest BCUT2D eigenvalue weighted by Crippen LogP contribution is -2.14. The lowest BCUT2D eigenvalue weighted by molar-refractivity contribution is -0.114. The number of carbonyl (C=O) groups excluding carboxylic acids is 2. The van der Waals surface area contributed by atoms with Gasteiger partial charge in [0.1, 0.15) is 0 Å². The number of aromatic nitrogens is 3. The van der Waals surface area contributed by atoms with Gasteiger partial charge in [-0.25, -0.2) is 0 Å². The summed E-state index contributed by atoms with van der Waals surface area (Å²) in [5.74, 6) is 0.269. The third kappa shape index (κ3) is 3.49. The minimum absolute atomic E-state index is 0.197. The summed E-state index contributed by atoms with van der Waals surface area (Å²) in [7, 11) is 0. The molecule has 2 amide bonds. The standard InChI is InChI=1S/C16H15N5O2S/c1-9-6-7-24-13(9)14-18-16(21-20-14)19-15(23)11-4-3-5-12(8-11)17-10(2)22/h3-8H,1-2H3,(H,17,22)(H2,18,19,20,21,23). The molecule has 0 saturated carbocycles. The molecule has 0 saturated heterocycles. The third-order valence-corrected chi connectivity index (χ3v) is 4.26. The van der Waals surface area contributed by atoms with Crippen LogP contribution in [0.15, 0.2) is 35.7 Å². The first-order chi connectivity index (χ1) is 11.5. The van der Waals surface area contributed by atoms with E-state index in [2.05, 4.69) is 25.8 Å². The first-order valence-corrected chi connectivity index (χ1v) is 8.07. The van der Waals surface area contributed by atoms with Crippen molar-refractivity contribution in [3.8, 4) is 10.7 Å². The number of benzene rings is 1. The zero-order chi connectivity index (χ0) is 17.1. The molecule has 0 unspecified atom stereocenters. The number of rotatable bonds is 4. The predicted octanol–water partition coefficient (Wildman–Crippen LogP) is 3.05. The molecule has 0 radical (unpaired) electrons. The molecule has 7 nitrogen and oxygen atoms in total. The van der Waals surface area contributed by atoms with E-state index in [0.717, 1.165) is 10.4 Å². The Bertz CT molecular complexity index is 899. The first-order valence-electron chi connectivity index (χ1n) is 7.19. The average molecular weight is 341 g/mol. The lowest BCUT2D eigenvalue weighted by atomic mass is 10.2. The average Bonchev–Trinajstić information content (AvgIpc) is 3.15. The number of H-pyrrole nitrogens is 1. The van der Waals surface area contributed by atoms with Gasteiger partial charge in [-0.05, 0) is 42.1 Å². The van der Waals surface area contributed by atoms with Crippen molar-refractivity contribution in [2.24, 2.45) is 0 Å². The molecule has 0 spiro atoms. The molecule has 0 atom stereocenters. The molecule has 1 aromatic carbocycles. The highest BCUT2D eigenvalue weighted by atomic mass is 32.1. The zero-order valence-electron chi connectivity index (χ0n) is 13.1. The molecule has 24 heavy (non-hydrogen) atoms. The summed E-state index contributed by atoms with van der Waals surface area (Å²) in [6.45, 7) is 3.40. The van der Waals surface area contributed by atoms with Gasteiger partial charge in [-0.2, -0.15) is 4.98 Å². The number of amides is 2. The maximum atomic E-state index is 12.3. The summed E-state index contributed by atoms with van der Waals surface area (Å²) < 4.78 is 0. The van der Waals surface area contributed by atoms with Crippen LogP contribution in [0.3, 0.4) is 0 Å². The molecule has 3 aromatic rings. The van der Waals surface area contributed by atoms with E-state index in [9.17, 15) is 9.59 Å². The van der Waals surface area contributed by atoms with Crippen LogP contribution in [0.1, 0.15) is 22.8 Å². The Morgan fingerprint density at radius 2 is 2.04 bits per heavy atom. The highest BCUT2D eigenvalue weighted by Crippen LogP contribution is 2.26. The number of anilines is 2. The van der Waals surface area contributed by atoms with Crippen molar-refractivity contribution >= 4 is 34.8 Å². The van der Waals surface area contributed by atoms with Gasteiger partial charge in [0.2, 0.25) is 11.9 Å². The van der Waals surface area contributed by atoms with Crippen molar-refractivity contribution in [1.82, 2.24) is 15.2 Å². The summed E-state index contributed by atoms with van der Waals surface area (Å²) in [5.41, 5.74) is 2.05. The van der Waals surface area contributed by atoms with Crippen molar-refractivity contribution in [1.29, 1.82) is 0 Å². The molecule has 2 aromatic heterocycles. The molecule has 122 valence electrons. The van der Waals surface area contributed by atoms with Gasteiger partial charge in [-0.15, -0.1) is 16.4 Å². The molecule has 8 heteroatoms. The van der Waals surface area contributed by atoms with E-state index < -0.39 is 0 Å². The minimum atomic E-state index is -0.351. The van der Waals surface area contributed by atoms with E-state index in [-0.39, 0.29) is 17.8 Å². The number of hydrogen-bond acceptors (Lipinski definition) is 5. The van der Waals surface area contributed by atoms with Crippen molar-refractivity contribution in [2.75, 3.05) is 10.6 Å². The number of nitrogens with zero attached hydrogens (tertiary/aromatic N) is 2. The topological polar surface area (TPSA) is 99.8 Å². The van der Waals surface area contributed by atoms with Crippen LogP contribution in [-0.2, 0) is 4.79 Å². The monoisotopic (exact) mass is 341 g/mol. The van der Waals surface area contributed by atoms with E-state index in [0.29, 0.717) is 17.1 Å². The van der Waals surface area contributed by atoms with Crippen molar-refractivity contribution < 1.29 is 9.59 Å². The number of aryl methyl sites for hydroxylation is 1. The smallest absolute Gasteiger partial charge is 0.258 e. The summed E-state index contributed by atoms with van der Waals surface area (Å²) in [6, 6.07) is 8.64. The predicted molar refractivity (Wildman–Crippen MR) is 93.1 cm³/mol.